The van der Waals surface area contributed by atoms with Gasteiger partial charge in [-0.1, -0.05) is 30.3 Å². The quantitative estimate of drug-likeness (QED) is 0.557. The van der Waals surface area contributed by atoms with Gasteiger partial charge in [0.05, 0.1) is 19.4 Å². The number of hydrogen-bond donors (Lipinski definition) is 1. The minimum atomic E-state index is -3.70. The number of rotatable bonds is 7. The van der Waals surface area contributed by atoms with Gasteiger partial charge in [0.1, 0.15) is 31.0 Å². The second kappa shape index (κ2) is 7.06. The van der Waals surface area contributed by atoms with E-state index in [1.165, 1.54) is 0 Å². The van der Waals surface area contributed by atoms with E-state index in [9.17, 15) is 13.2 Å². The molecule has 0 unspecified atom stereocenters. The molecule has 1 aromatic carbocycles. The zero-order valence-electron chi connectivity index (χ0n) is 13.1. The van der Waals surface area contributed by atoms with Crippen molar-refractivity contribution in [3.63, 3.8) is 0 Å². The number of carbonyl (C=O) groups excluding carboxylic acids is 1. The van der Waals surface area contributed by atoms with Gasteiger partial charge in [-0.25, -0.2) is 4.79 Å². The van der Waals surface area contributed by atoms with Gasteiger partial charge >= 0.3 is 6.09 Å². The second-order valence-electron chi connectivity index (χ2n) is 5.72. The third kappa shape index (κ3) is 4.67. The largest absolute Gasteiger partial charge is 0.445 e. The Morgan fingerprint density at radius 3 is 2.71 bits per heavy atom. The van der Waals surface area contributed by atoms with Crippen LogP contribution in [0.25, 0.3) is 0 Å². The zero-order chi connectivity index (χ0) is 17.2. The summed E-state index contributed by atoms with van der Waals surface area (Å²) in [5, 5.41) is 2.51. The Labute approximate surface area is 140 Å². The smallest absolute Gasteiger partial charge is 0.407 e. The van der Waals surface area contributed by atoms with Crippen molar-refractivity contribution in [2.45, 2.75) is 31.0 Å². The topological polar surface area (TPSA) is 103 Å². The van der Waals surface area contributed by atoms with Crippen LogP contribution in [0.5, 0.6) is 0 Å². The van der Waals surface area contributed by atoms with Crippen LogP contribution >= 0.6 is 0 Å². The Hall–Kier alpha value is -1.68. The number of nitrogens with one attached hydrogen (secondary N) is 1. The fourth-order valence-electron chi connectivity index (χ4n) is 2.59. The molecule has 2 aliphatic heterocycles. The van der Waals surface area contributed by atoms with Crippen LogP contribution in [0.2, 0.25) is 0 Å². The molecule has 0 aromatic heterocycles. The molecule has 2 fully saturated rings. The van der Waals surface area contributed by atoms with Gasteiger partial charge in [0.15, 0.2) is 0 Å². The Morgan fingerprint density at radius 2 is 2.12 bits per heavy atom. The fraction of sp³-hybridized carbons (Fsp3) is 0.533. The summed E-state index contributed by atoms with van der Waals surface area (Å²) in [5.74, 6) is 0. The van der Waals surface area contributed by atoms with Crippen molar-refractivity contribution < 1.29 is 31.6 Å². The van der Waals surface area contributed by atoms with Gasteiger partial charge in [-0.15, -0.1) is 0 Å². The maximum Gasteiger partial charge on any atom is 0.407 e. The van der Waals surface area contributed by atoms with Gasteiger partial charge in [-0.05, 0) is 5.56 Å². The molecule has 1 aromatic rings. The molecule has 132 valence electrons. The average molecular weight is 357 g/mol. The number of epoxide rings is 1. The maximum atomic E-state index is 11.8. The molecular weight excluding hydrogens is 338 g/mol. The normalized spacial score (nSPS) is 26.5. The van der Waals surface area contributed by atoms with E-state index in [0.29, 0.717) is 6.61 Å². The van der Waals surface area contributed by atoms with E-state index in [0.717, 1.165) is 11.8 Å². The first kappa shape index (κ1) is 17.2. The number of fused-ring (bicyclic) bond motifs is 1. The molecule has 3 rings (SSSR count). The van der Waals surface area contributed by atoms with E-state index in [4.69, 9.17) is 18.4 Å². The average Bonchev–Trinajstić information content (AvgIpc) is 3.20. The Kier molecular flexibility index (Phi) is 5.04. The second-order valence-corrected chi connectivity index (χ2v) is 7.32. The first-order valence-corrected chi connectivity index (χ1v) is 9.34. The minimum Gasteiger partial charge on any atom is -0.445 e. The summed E-state index contributed by atoms with van der Waals surface area (Å²) in [6.45, 7) is 0.466. The molecule has 2 aliphatic rings. The SMILES string of the molecule is CS(=O)(=O)O[C@@H](CNC(=O)OCc1ccccc1)[C@H]1OC[C@@H]2O[C@H]12. The van der Waals surface area contributed by atoms with Crippen LogP contribution in [-0.2, 0) is 35.1 Å². The van der Waals surface area contributed by atoms with E-state index >= 15 is 0 Å². The highest BCUT2D eigenvalue weighted by atomic mass is 32.2. The van der Waals surface area contributed by atoms with Crippen LogP contribution in [0.3, 0.4) is 0 Å². The molecule has 8 nitrogen and oxygen atoms in total. The van der Waals surface area contributed by atoms with Crippen LogP contribution in [0.4, 0.5) is 4.79 Å². The molecule has 0 radical (unpaired) electrons. The van der Waals surface area contributed by atoms with Crippen LogP contribution < -0.4 is 5.32 Å². The van der Waals surface area contributed by atoms with Crippen LogP contribution in [0.1, 0.15) is 5.56 Å². The lowest BCUT2D eigenvalue weighted by Crippen LogP contribution is -2.44. The molecule has 0 spiro atoms. The Bertz CT molecular complexity index is 678. The summed E-state index contributed by atoms with van der Waals surface area (Å²) in [5.41, 5.74) is 0.852. The molecule has 0 aliphatic carbocycles. The first-order valence-electron chi connectivity index (χ1n) is 7.52. The summed E-state index contributed by atoms with van der Waals surface area (Å²) < 4.78 is 43.7. The number of amides is 1. The highest BCUT2D eigenvalue weighted by Gasteiger charge is 2.55. The molecule has 0 saturated carbocycles. The lowest BCUT2D eigenvalue weighted by molar-refractivity contribution is -0.0344. The summed E-state index contributed by atoms with van der Waals surface area (Å²) in [6, 6.07) is 9.22. The number of alkyl carbamates (subject to hydrolysis) is 1. The van der Waals surface area contributed by atoms with Crippen LogP contribution in [0, 0.1) is 0 Å². The molecule has 24 heavy (non-hydrogen) atoms. The van der Waals surface area contributed by atoms with E-state index in [1.54, 1.807) is 0 Å². The van der Waals surface area contributed by atoms with Crippen molar-refractivity contribution in [3.05, 3.63) is 35.9 Å². The third-order valence-corrected chi connectivity index (χ3v) is 4.32. The number of hydrogen-bond acceptors (Lipinski definition) is 7. The monoisotopic (exact) mass is 357 g/mol. The highest BCUT2D eigenvalue weighted by molar-refractivity contribution is 7.86. The summed E-state index contributed by atoms with van der Waals surface area (Å²) in [7, 11) is -3.70. The van der Waals surface area contributed by atoms with Gasteiger partial charge in [-0.2, -0.15) is 8.42 Å². The number of ether oxygens (including phenoxy) is 3. The summed E-state index contributed by atoms with van der Waals surface area (Å²) in [6.07, 6.45) is -1.29. The summed E-state index contributed by atoms with van der Waals surface area (Å²) in [4.78, 5) is 11.8. The van der Waals surface area contributed by atoms with E-state index in [2.05, 4.69) is 5.32 Å². The molecule has 4 atom stereocenters. The predicted molar refractivity (Wildman–Crippen MR) is 82.7 cm³/mol. The Balaban J connectivity index is 1.50. The van der Waals surface area contributed by atoms with Gasteiger partial charge in [0.2, 0.25) is 0 Å². The van der Waals surface area contributed by atoms with Gasteiger partial charge in [-0.3, -0.25) is 4.18 Å². The van der Waals surface area contributed by atoms with Crippen molar-refractivity contribution in [2.24, 2.45) is 0 Å². The first-order chi connectivity index (χ1) is 11.4. The van der Waals surface area contributed by atoms with Crippen molar-refractivity contribution >= 4 is 16.2 Å². The standard InChI is InChI=1S/C15H19NO7S/c1-24(18,19)23-11(13-14-12(22-14)9-20-13)7-16-15(17)21-8-10-5-3-2-4-6-10/h2-6,11-14H,7-9H2,1H3,(H,16,17)/t11-,12-,13+,14-/m0/s1. The molecule has 0 bridgehead atoms. The number of carbonyl (C=O) groups is 1. The van der Waals surface area contributed by atoms with E-state index in [1.807, 2.05) is 30.3 Å². The lowest BCUT2D eigenvalue weighted by atomic mass is 10.1. The zero-order valence-corrected chi connectivity index (χ0v) is 13.9. The van der Waals surface area contributed by atoms with Crippen LogP contribution in [-0.4, -0.2) is 58.3 Å². The molecule has 2 saturated heterocycles. The van der Waals surface area contributed by atoms with Gasteiger partial charge < -0.3 is 19.5 Å². The molecule has 1 amide bonds. The van der Waals surface area contributed by atoms with Gasteiger partial charge in [0, 0.05) is 0 Å². The molecule has 9 heteroatoms. The van der Waals surface area contributed by atoms with Crippen molar-refractivity contribution in [2.75, 3.05) is 19.4 Å². The molecule has 1 N–H and O–H groups in total. The van der Waals surface area contributed by atoms with Crippen molar-refractivity contribution in [1.29, 1.82) is 0 Å². The van der Waals surface area contributed by atoms with Crippen molar-refractivity contribution in [3.8, 4) is 0 Å². The summed E-state index contributed by atoms with van der Waals surface area (Å²) >= 11 is 0. The lowest BCUT2D eigenvalue weighted by Gasteiger charge is -2.23. The Morgan fingerprint density at radius 1 is 1.38 bits per heavy atom. The minimum absolute atomic E-state index is 0.00862. The molecule has 2 heterocycles. The van der Waals surface area contributed by atoms with E-state index in [-0.39, 0.29) is 25.4 Å². The highest BCUT2D eigenvalue weighted by Crippen LogP contribution is 2.36. The van der Waals surface area contributed by atoms with Crippen LogP contribution in [0.15, 0.2) is 30.3 Å². The predicted octanol–water partition coefficient (Wildman–Crippen LogP) is 0.424. The van der Waals surface area contributed by atoms with Crippen molar-refractivity contribution in [1.82, 2.24) is 5.32 Å². The van der Waals surface area contributed by atoms with Gasteiger partial charge in [0.25, 0.3) is 10.1 Å². The molecular formula is C15H19NO7S. The van der Waals surface area contributed by atoms with E-state index < -0.39 is 28.4 Å². The third-order valence-electron chi connectivity index (χ3n) is 3.72. The number of benzene rings is 1. The fourth-order valence-corrected chi connectivity index (χ4v) is 3.21. The maximum absolute atomic E-state index is 11.8.